The van der Waals surface area contributed by atoms with Gasteiger partial charge in [0, 0.05) is 24.0 Å². The number of thioether (sulfide) groups is 2. The van der Waals surface area contributed by atoms with Crippen molar-refractivity contribution in [3.63, 3.8) is 0 Å². The molecular weight excluding hydrogens is 809 g/mol. The number of nitriles is 2. The fourth-order valence-corrected chi connectivity index (χ4v) is 7.27. The molecule has 0 bridgehead atoms. The van der Waals surface area contributed by atoms with Crippen LogP contribution in [0.2, 0.25) is 0 Å². The maximum absolute atomic E-state index is 12.4. The lowest BCUT2D eigenvalue weighted by Crippen LogP contribution is -2.14. The minimum Gasteiger partial charge on any atom is -0.492 e. The Morgan fingerprint density at radius 2 is 0.983 bits per heavy atom. The van der Waals surface area contributed by atoms with Crippen molar-refractivity contribution >= 4 is 59.3 Å². The van der Waals surface area contributed by atoms with E-state index in [4.69, 9.17) is 37.9 Å². The van der Waals surface area contributed by atoms with Gasteiger partial charge in [0.1, 0.15) is 55.6 Å². The van der Waals surface area contributed by atoms with Crippen LogP contribution in [0.5, 0.6) is 11.5 Å². The monoisotopic (exact) mass is 858 g/mol. The van der Waals surface area contributed by atoms with Gasteiger partial charge < -0.3 is 37.9 Å². The molecule has 0 unspecified atom stereocenters. The summed E-state index contributed by atoms with van der Waals surface area (Å²) >= 11 is 2.36. The van der Waals surface area contributed by atoms with E-state index in [1.165, 1.54) is 37.4 Å². The molecule has 0 N–H and O–H groups in total. The van der Waals surface area contributed by atoms with Crippen LogP contribution in [0.1, 0.15) is 83.6 Å². The molecule has 1 heterocycles. The summed E-state index contributed by atoms with van der Waals surface area (Å²) in [6, 6.07) is 5.52. The first-order valence-electron chi connectivity index (χ1n) is 18.9. The van der Waals surface area contributed by atoms with E-state index in [9.17, 15) is 39.3 Å². The number of unbranched alkanes of at least 4 members (excludes halogenated alkanes) is 4. The third-order valence-electron chi connectivity index (χ3n) is 7.71. The van der Waals surface area contributed by atoms with Crippen LogP contribution in [0.15, 0.2) is 50.0 Å². The minimum atomic E-state index is -0.548. The molecule has 0 amide bonds. The minimum absolute atomic E-state index is 0.00181. The highest BCUT2D eigenvalue weighted by Crippen LogP contribution is 2.59. The third kappa shape index (κ3) is 19.7. The Bertz CT molecular complexity index is 1800. The van der Waals surface area contributed by atoms with Crippen molar-refractivity contribution in [1.82, 2.24) is 0 Å². The number of esters is 6. The second-order valence-corrected chi connectivity index (χ2v) is 15.1. The van der Waals surface area contributed by atoms with Crippen LogP contribution in [-0.4, -0.2) is 88.7 Å². The van der Waals surface area contributed by atoms with Gasteiger partial charge in [-0.25, -0.2) is 9.59 Å². The molecule has 1 aromatic rings. The standard InChI is InChI=1S/C41H50N2O14S2/c1-27(2)39(48)56-22-20-53-32(44)12-8-6-10-16-51-34(46)14-18-50-31-24-29(5)36(38-37(31)58-41(59-38)30(25-42)26-43)55-19-15-35(47)52-17-11-7-9-13-33(45)54-21-23-57-40(49)28(3)4/h24H,1,3,6-23H2,2,4-5H3. The first-order chi connectivity index (χ1) is 28.3. The van der Waals surface area contributed by atoms with Crippen molar-refractivity contribution < 1.29 is 66.7 Å². The quantitative estimate of drug-likeness (QED) is 0.0287. The Labute approximate surface area is 352 Å². The topological polar surface area (TPSA) is 224 Å². The number of carbonyl (C=O) groups excluding carboxylic acids is 6. The van der Waals surface area contributed by atoms with Gasteiger partial charge in [0.15, 0.2) is 0 Å². The number of hydrogen-bond donors (Lipinski definition) is 0. The Hall–Kier alpha value is -5.46. The largest absolute Gasteiger partial charge is 0.492 e. The van der Waals surface area contributed by atoms with Gasteiger partial charge in [0.25, 0.3) is 0 Å². The second-order valence-electron chi connectivity index (χ2n) is 12.8. The van der Waals surface area contributed by atoms with E-state index in [1.807, 2.05) is 12.1 Å². The van der Waals surface area contributed by atoms with Gasteiger partial charge in [-0.15, -0.1) is 0 Å². The lowest BCUT2D eigenvalue weighted by atomic mass is 10.2. The van der Waals surface area contributed by atoms with Gasteiger partial charge in [-0.1, -0.05) is 36.7 Å². The Morgan fingerprint density at radius 1 is 0.559 bits per heavy atom. The number of nitrogens with zero attached hydrogens (tertiary/aromatic N) is 2. The van der Waals surface area contributed by atoms with Gasteiger partial charge in [0.05, 0.1) is 53.3 Å². The fraction of sp³-hybridized carbons (Fsp3) is 0.512. The van der Waals surface area contributed by atoms with Crippen LogP contribution in [0.4, 0.5) is 0 Å². The molecule has 1 aromatic carbocycles. The molecule has 0 spiro atoms. The highest BCUT2D eigenvalue weighted by Gasteiger charge is 2.30. The number of benzene rings is 1. The smallest absolute Gasteiger partial charge is 0.333 e. The van der Waals surface area contributed by atoms with E-state index in [-0.39, 0.29) is 95.3 Å². The normalized spacial score (nSPS) is 11.2. The Kier molecular flexibility index (Phi) is 23.6. The highest BCUT2D eigenvalue weighted by molar-refractivity contribution is 8.24. The lowest BCUT2D eigenvalue weighted by molar-refractivity contribution is -0.150. The number of hydrogen-bond acceptors (Lipinski definition) is 18. The maximum Gasteiger partial charge on any atom is 0.333 e. The molecule has 1 aliphatic rings. The van der Waals surface area contributed by atoms with Crippen LogP contribution >= 0.6 is 23.5 Å². The summed E-state index contributed by atoms with van der Waals surface area (Å²) < 4.78 is 42.8. The summed E-state index contributed by atoms with van der Waals surface area (Å²) in [5.74, 6) is -1.97. The molecular formula is C41H50N2O14S2. The number of ether oxygens (including phenoxy) is 8. The van der Waals surface area contributed by atoms with Crippen LogP contribution in [0, 0.1) is 29.6 Å². The van der Waals surface area contributed by atoms with Gasteiger partial charge in [0.2, 0.25) is 0 Å². The van der Waals surface area contributed by atoms with Crippen LogP contribution in [-0.2, 0) is 57.2 Å². The second kappa shape index (κ2) is 28.0. The number of fused-ring (bicyclic) bond motifs is 1. The molecule has 1 aliphatic heterocycles. The zero-order chi connectivity index (χ0) is 43.6. The molecule has 0 saturated heterocycles. The fourth-order valence-electron chi connectivity index (χ4n) is 4.69. The van der Waals surface area contributed by atoms with Gasteiger partial charge >= 0.3 is 35.8 Å². The molecule has 0 atom stereocenters. The summed E-state index contributed by atoms with van der Waals surface area (Å²) in [7, 11) is 0. The predicted molar refractivity (Wildman–Crippen MR) is 214 cm³/mol. The van der Waals surface area contributed by atoms with Gasteiger partial charge in [-0.2, -0.15) is 10.5 Å². The van der Waals surface area contributed by atoms with E-state index in [2.05, 4.69) is 13.2 Å². The lowest BCUT2D eigenvalue weighted by Gasteiger charge is -2.16. The van der Waals surface area contributed by atoms with Crippen molar-refractivity contribution in [1.29, 1.82) is 10.5 Å². The molecule has 320 valence electrons. The summed E-state index contributed by atoms with van der Waals surface area (Å²) in [6.45, 7) is 11.9. The van der Waals surface area contributed by atoms with E-state index >= 15 is 0 Å². The Balaban J connectivity index is 1.74. The van der Waals surface area contributed by atoms with Crippen molar-refractivity contribution in [2.45, 2.75) is 94.8 Å². The van der Waals surface area contributed by atoms with Crippen LogP contribution in [0.25, 0.3) is 0 Å². The summed E-state index contributed by atoms with van der Waals surface area (Å²) in [4.78, 5) is 72.3. The van der Waals surface area contributed by atoms with E-state index in [1.54, 1.807) is 13.0 Å². The average Bonchev–Trinajstić information content (AvgIpc) is 3.64. The molecule has 0 aromatic heterocycles. The van der Waals surface area contributed by atoms with Crippen LogP contribution < -0.4 is 9.47 Å². The van der Waals surface area contributed by atoms with E-state index in [0.717, 1.165) is 0 Å². The SMILES string of the molecule is C=C(C)C(=O)OCCOC(=O)CCCCCOC(=O)CCOc1cc(C)c(OCCC(=O)OCCCCCC(=O)OCCOC(=O)C(=C)C)c2c1SC(=C(C#N)C#N)S2. The highest BCUT2D eigenvalue weighted by atomic mass is 32.2. The average molecular weight is 859 g/mol. The number of allylic oxidation sites excluding steroid dienone is 1. The van der Waals surface area contributed by atoms with Crippen molar-refractivity contribution in [2.24, 2.45) is 0 Å². The summed E-state index contributed by atoms with van der Waals surface area (Å²) in [5, 5.41) is 19.0. The molecule has 16 nitrogen and oxygen atoms in total. The Morgan fingerprint density at radius 3 is 1.46 bits per heavy atom. The van der Waals surface area contributed by atoms with Crippen LogP contribution in [0.3, 0.4) is 0 Å². The molecule has 0 fully saturated rings. The van der Waals surface area contributed by atoms with Crippen molar-refractivity contribution in [3.05, 3.63) is 45.7 Å². The molecule has 2 rings (SSSR count). The first kappa shape index (κ1) is 49.7. The number of rotatable bonds is 28. The molecule has 18 heteroatoms. The van der Waals surface area contributed by atoms with Gasteiger partial charge in [-0.05, 0) is 70.9 Å². The number of carbonyl (C=O) groups is 6. The molecule has 0 aliphatic carbocycles. The zero-order valence-corrected chi connectivity index (χ0v) is 35.3. The predicted octanol–water partition coefficient (Wildman–Crippen LogP) is 6.52. The zero-order valence-electron chi connectivity index (χ0n) is 33.6. The summed E-state index contributed by atoms with van der Waals surface area (Å²) in [6.07, 6.45) is 3.71. The number of aryl methyl sites for hydroxylation is 1. The van der Waals surface area contributed by atoms with E-state index < -0.39 is 35.8 Å². The van der Waals surface area contributed by atoms with Crippen molar-refractivity contribution in [2.75, 3.05) is 52.9 Å². The molecule has 0 radical (unpaired) electrons. The molecule has 59 heavy (non-hydrogen) atoms. The third-order valence-corrected chi connectivity index (χ3v) is 10.3. The summed E-state index contributed by atoms with van der Waals surface area (Å²) in [5.41, 5.74) is 1.11. The van der Waals surface area contributed by atoms with E-state index in [0.29, 0.717) is 69.6 Å². The van der Waals surface area contributed by atoms with Crippen molar-refractivity contribution in [3.8, 4) is 23.6 Å². The maximum atomic E-state index is 12.4. The first-order valence-corrected chi connectivity index (χ1v) is 20.5. The molecule has 0 saturated carbocycles. The van der Waals surface area contributed by atoms with Gasteiger partial charge in [-0.3, -0.25) is 19.2 Å².